The zero-order chi connectivity index (χ0) is 14.7. The molecule has 0 spiro atoms. The van der Waals surface area contributed by atoms with E-state index < -0.39 is 5.97 Å². The maximum Gasteiger partial charge on any atom is 0.343 e. The molecular weight excluding hydrogens is 261 g/mol. The second-order valence-electron chi connectivity index (χ2n) is 4.17. The van der Waals surface area contributed by atoms with Crippen LogP contribution in [0.2, 0.25) is 0 Å². The highest BCUT2D eigenvalue weighted by Crippen LogP contribution is 2.22. The molecule has 20 heavy (non-hydrogen) atoms. The summed E-state index contributed by atoms with van der Waals surface area (Å²) >= 11 is 0. The molecule has 2 rings (SSSR count). The highest BCUT2D eigenvalue weighted by molar-refractivity contribution is 5.96. The summed E-state index contributed by atoms with van der Waals surface area (Å²) in [6.07, 6.45) is 0.548. The number of hydrogen-bond acceptors (Lipinski definition) is 4. The van der Waals surface area contributed by atoms with Gasteiger partial charge in [0.25, 0.3) is 0 Å². The third-order valence-electron chi connectivity index (χ3n) is 2.88. The molecule has 1 aromatic heterocycles. The molecule has 0 unspecified atom stereocenters. The lowest BCUT2D eigenvalue weighted by Crippen LogP contribution is -2.10. The van der Waals surface area contributed by atoms with E-state index in [0.717, 1.165) is 0 Å². The van der Waals surface area contributed by atoms with Gasteiger partial charge in [-0.25, -0.2) is 13.9 Å². The Labute approximate surface area is 116 Å². The van der Waals surface area contributed by atoms with Crippen LogP contribution in [0, 0.1) is 5.82 Å². The molecule has 2 aromatic rings. The molecule has 5 nitrogen and oxygen atoms in total. The fourth-order valence-corrected chi connectivity index (χ4v) is 1.93. The number of nitrogen functional groups attached to an aromatic ring is 1. The van der Waals surface area contributed by atoms with Gasteiger partial charge in [-0.2, -0.15) is 5.10 Å². The van der Waals surface area contributed by atoms with E-state index in [9.17, 15) is 9.18 Å². The molecule has 106 valence electrons. The molecular formula is C14H16FN3O2. The summed E-state index contributed by atoms with van der Waals surface area (Å²) in [7, 11) is 0. The molecule has 0 aliphatic rings. The molecule has 0 fully saturated rings. The standard InChI is InChI=1S/C14H16FN3O2/c1-3-11-12(14(19)20-4-2)13(16)18(17-11)10-7-5-9(15)6-8-10/h5-8H,3-4,16H2,1-2H3. The fourth-order valence-electron chi connectivity index (χ4n) is 1.93. The second kappa shape index (κ2) is 5.73. The van der Waals surface area contributed by atoms with Gasteiger partial charge in [-0.1, -0.05) is 6.92 Å². The first-order chi connectivity index (χ1) is 9.58. The van der Waals surface area contributed by atoms with E-state index in [2.05, 4.69) is 5.10 Å². The molecule has 6 heteroatoms. The average Bonchev–Trinajstić information content (AvgIpc) is 2.77. The predicted molar refractivity (Wildman–Crippen MR) is 73.3 cm³/mol. The highest BCUT2D eigenvalue weighted by atomic mass is 19.1. The number of anilines is 1. The molecule has 0 amide bonds. The van der Waals surface area contributed by atoms with Crippen molar-refractivity contribution in [1.82, 2.24) is 9.78 Å². The number of nitrogens with two attached hydrogens (primary N) is 1. The van der Waals surface area contributed by atoms with Gasteiger partial charge in [0.15, 0.2) is 0 Å². The molecule has 0 bridgehead atoms. The van der Waals surface area contributed by atoms with Gasteiger partial charge >= 0.3 is 5.97 Å². The number of carbonyl (C=O) groups is 1. The third-order valence-corrected chi connectivity index (χ3v) is 2.88. The first-order valence-corrected chi connectivity index (χ1v) is 6.38. The molecule has 0 saturated carbocycles. The number of rotatable bonds is 4. The molecule has 1 aromatic carbocycles. The van der Waals surface area contributed by atoms with Crippen molar-refractivity contribution < 1.29 is 13.9 Å². The normalized spacial score (nSPS) is 10.6. The van der Waals surface area contributed by atoms with E-state index in [1.54, 1.807) is 19.1 Å². The number of carbonyl (C=O) groups excluding carboxylic acids is 1. The summed E-state index contributed by atoms with van der Waals surface area (Å²) in [4.78, 5) is 11.9. The molecule has 0 aliphatic carbocycles. The van der Waals surface area contributed by atoms with E-state index in [0.29, 0.717) is 17.8 Å². The summed E-state index contributed by atoms with van der Waals surface area (Å²) in [5.74, 6) is -0.636. The average molecular weight is 277 g/mol. The van der Waals surface area contributed by atoms with Gasteiger partial charge in [0.2, 0.25) is 0 Å². The summed E-state index contributed by atoms with van der Waals surface area (Å²) in [5.41, 5.74) is 7.42. The summed E-state index contributed by atoms with van der Waals surface area (Å²) in [5, 5.41) is 4.30. The van der Waals surface area contributed by atoms with Gasteiger partial charge in [-0.15, -0.1) is 0 Å². The number of aromatic nitrogens is 2. The number of halogens is 1. The van der Waals surface area contributed by atoms with Gasteiger partial charge in [0.1, 0.15) is 17.2 Å². The van der Waals surface area contributed by atoms with Crippen molar-refractivity contribution >= 4 is 11.8 Å². The summed E-state index contributed by atoms with van der Waals surface area (Å²) in [6, 6.07) is 5.72. The third kappa shape index (κ3) is 2.49. The van der Waals surface area contributed by atoms with Crippen molar-refractivity contribution in [3.63, 3.8) is 0 Å². The van der Waals surface area contributed by atoms with Crippen molar-refractivity contribution in [2.75, 3.05) is 12.3 Å². The van der Waals surface area contributed by atoms with E-state index in [-0.39, 0.29) is 23.8 Å². The number of hydrogen-bond donors (Lipinski definition) is 1. The van der Waals surface area contributed by atoms with Crippen LogP contribution in [0.3, 0.4) is 0 Å². The number of esters is 1. The molecule has 1 heterocycles. The molecule has 0 atom stereocenters. The lowest BCUT2D eigenvalue weighted by Gasteiger charge is -2.05. The Morgan fingerprint density at radius 1 is 1.35 bits per heavy atom. The maximum absolute atomic E-state index is 12.9. The smallest absolute Gasteiger partial charge is 0.343 e. The van der Waals surface area contributed by atoms with Crippen LogP contribution in [-0.4, -0.2) is 22.4 Å². The van der Waals surface area contributed by atoms with Crippen LogP contribution in [0.5, 0.6) is 0 Å². The number of ether oxygens (including phenoxy) is 1. The SMILES string of the molecule is CCOC(=O)c1c(CC)nn(-c2ccc(F)cc2)c1N. The van der Waals surface area contributed by atoms with Crippen molar-refractivity contribution in [1.29, 1.82) is 0 Å². The van der Waals surface area contributed by atoms with Crippen LogP contribution in [0.4, 0.5) is 10.2 Å². The van der Waals surface area contributed by atoms with Crippen molar-refractivity contribution in [2.24, 2.45) is 0 Å². The summed E-state index contributed by atoms with van der Waals surface area (Å²) < 4.78 is 19.4. The minimum atomic E-state index is -0.491. The lowest BCUT2D eigenvalue weighted by atomic mass is 10.2. The van der Waals surface area contributed by atoms with E-state index in [1.807, 2.05) is 6.92 Å². The monoisotopic (exact) mass is 277 g/mol. The van der Waals surface area contributed by atoms with Gasteiger partial charge < -0.3 is 10.5 Å². The Balaban J connectivity index is 2.50. The van der Waals surface area contributed by atoms with Crippen LogP contribution in [0.15, 0.2) is 24.3 Å². The maximum atomic E-state index is 12.9. The van der Waals surface area contributed by atoms with Crippen LogP contribution >= 0.6 is 0 Å². The molecule has 0 saturated heterocycles. The quantitative estimate of drug-likeness (QED) is 0.871. The molecule has 0 radical (unpaired) electrons. The topological polar surface area (TPSA) is 70.1 Å². The van der Waals surface area contributed by atoms with Crippen LogP contribution < -0.4 is 5.73 Å². The van der Waals surface area contributed by atoms with Crippen LogP contribution in [-0.2, 0) is 11.2 Å². The Kier molecular flexibility index (Phi) is 4.02. The zero-order valence-electron chi connectivity index (χ0n) is 11.4. The predicted octanol–water partition coefficient (Wildman–Crippen LogP) is 2.33. The second-order valence-corrected chi connectivity index (χ2v) is 4.17. The number of aryl methyl sites for hydroxylation is 1. The van der Waals surface area contributed by atoms with Gasteiger partial charge in [0, 0.05) is 0 Å². The van der Waals surface area contributed by atoms with Gasteiger partial charge in [-0.3, -0.25) is 0 Å². The molecule has 0 aliphatic heterocycles. The Morgan fingerprint density at radius 2 is 2.00 bits per heavy atom. The minimum absolute atomic E-state index is 0.201. The van der Waals surface area contributed by atoms with Crippen molar-refractivity contribution in [3.8, 4) is 5.69 Å². The van der Waals surface area contributed by atoms with E-state index in [1.165, 1.54) is 16.8 Å². The van der Waals surface area contributed by atoms with Crippen molar-refractivity contribution in [2.45, 2.75) is 20.3 Å². The summed E-state index contributed by atoms with van der Waals surface area (Å²) in [6.45, 7) is 3.87. The van der Waals surface area contributed by atoms with E-state index >= 15 is 0 Å². The van der Waals surface area contributed by atoms with Crippen LogP contribution in [0.1, 0.15) is 29.9 Å². The first-order valence-electron chi connectivity index (χ1n) is 6.38. The lowest BCUT2D eigenvalue weighted by molar-refractivity contribution is 0.0526. The Morgan fingerprint density at radius 3 is 2.55 bits per heavy atom. The van der Waals surface area contributed by atoms with Gasteiger partial charge in [0.05, 0.1) is 18.0 Å². The van der Waals surface area contributed by atoms with Crippen molar-refractivity contribution in [3.05, 3.63) is 41.3 Å². The van der Waals surface area contributed by atoms with E-state index in [4.69, 9.17) is 10.5 Å². The largest absolute Gasteiger partial charge is 0.462 e. The highest BCUT2D eigenvalue weighted by Gasteiger charge is 2.22. The number of benzene rings is 1. The molecule has 2 N–H and O–H groups in total. The first kappa shape index (κ1) is 14.0. The zero-order valence-corrected chi connectivity index (χ0v) is 11.4. The van der Waals surface area contributed by atoms with Crippen LogP contribution in [0.25, 0.3) is 5.69 Å². The van der Waals surface area contributed by atoms with Gasteiger partial charge in [-0.05, 0) is 37.6 Å². The Bertz CT molecular complexity index is 620. The fraction of sp³-hybridized carbons (Fsp3) is 0.286. The Hall–Kier alpha value is -2.37. The number of nitrogens with zero attached hydrogens (tertiary/aromatic N) is 2. The minimum Gasteiger partial charge on any atom is -0.462 e.